The summed E-state index contributed by atoms with van der Waals surface area (Å²) in [5.41, 5.74) is 1.86. The van der Waals surface area contributed by atoms with Crippen LogP contribution >= 0.6 is 0 Å². The molecule has 1 heterocycles. The maximum Gasteiger partial charge on any atom is 0.302 e. The second kappa shape index (κ2) is 18.3. The van der Waals surface area contributed by atoms with E-state index in [1.165, 1.54) is 84.2 Å². The molecule has 1 N–H and O–H groups in total. The smallest absolute Gasteiger partial charge is 0.302 e. The minimum Gasteiger partial charge on any atom is -0.462 e. The van der Waals surface area contributed by atoms with Crippen molar-refractivity contribution in [2.45, 2.75) is 172 Å². The van der Waals surface area contributed by atoms with Gasteiger partial charge in [0.25, 0.3) is 0 Å². The molecule has 7 heteroatoms. The summed E-state index contributed by atoms with van der Waals surface area (Å²) in [6.45, 7) is 35.3. The van der Waals surface area contributed by atoms with Crippen LogP contribution in [-0.4, -0.2) is 98.1 Å². The SMILES string of the molecule is CCCCN(CCCC)CCCN1CCN(CCCNC(=O)[C@]23CC[C@@H](C)[C@H](C)[C@H]2C2=CC[C@@H]4[C@@]5(C)CC[C@H](OC(C)=O)C(C)(C)[C@@H]5CC[C@@]4(C)[C@]2(C)CC3)CC1. The van der Waals surface area contributed by atoms with Gasteiger partial charge in [0, 0.05) is 45.1 Å². The molecule has 0 radical (unpaired) electrons. The topological polar surface area (TPSA) is 65.1 Å². The molecule has 1 amide bonds. The third kappa shape index (κ3) is 8.58. The van der Waals surface area contributed by atoms with Gasteiger partial charge in [-0.2, -0.15) is 0 Å². The molecule has 5 aliphatic carbocycles. The summed E-state index contributed by atoms with van der Waals surface area (Å²) < 4.78 is 5.99. The number of carbonyl (C=O) groups is 2. The molecule has 0 aromatic heterocycles. The number of piperazine rings is 1. The average Bonchev–Trinajstić information content (AvgIpc) is 3.17. The van der Waals surface area contributed by atoms with E-state index in [-0.39, 0.29) is 39.1 Å². The predicted molar refractivity (Wildman–Crippen MR) is 236 cm³/mol. The molecule has 1 aliphatic heterocycles. The molecule has 0 aromatic carbocycles. The third-order valence-corrected chi connectivity index (χ3v) is 18.7. The molecule has 0 bridgehead atoms. The Morgan fingerprint density at radius 2 is 1.42 bits per heavy atom. The summed E-state index contributed by atoms with van der Waals surface area (Å²) in [6, 6.07) is 0. The van der Waals surface area contributed by atoms with E-state index in [1.54, 1.807) is 12.5 Å². The molecule has 5 fully saturated rings. The fraction of sp³-hybridized carbons (Fsp3) is 0.920. The Morgan fingerprint density at radius 1 is 0.789 bits per heavy atom. The largest absolute Gasteiger partial charge is 0.462 e. The van der Waals surface area contributed by atoms with Crippen LogP contribution in [0, 0.1) is 56.7 Å². The zero-order valence-electron chi connectivity index (χ0n) is 38.8. The molecular weight excluding hydrogens is 705 g/mol. The van der Waals surface area contributed by atoms with Gasteiger partial charge in [0.15, 0.2) is 0 Å². The number of unbranched alkanes of at least 4 members (excludes halogenated alkanes) is 2. The number of hydrogen-bond donors (Lipinski definition) is 1. The number of esters is 1. The van der Waals surface area contributed by atoms with Crippen molar-refractivity contribution in [3.05, 3.63) is 11.6 Å². The van der Waals surface area contributed by atoms with Crippen LogP contribution in [-0.2, 0) is 14.3 Å². The lowest BCUT2D eigenvalue weighted by Crippen LogP contribution is -2.66. The Labute approximate surface area is 350 Å². The van der Waals surface area contributed by atoms with Crippen LogP contribution in [0.4, 0.5) is 0 Å². The summed E-state index contributed by atoms with van der Waals surface area (Å²) in [5, 5.41) is 3.59. The van der Waals surface area contributed by atoms with E-state index in [0.29, 0.717) is 35.5 Å². The molecule has 6 rings (SSSR count). The van der Waals surface area contributed by atoms with Crippen LogP contribution in [0.5, 0.6) is 0 Å². The second-order valence-electron chi connectivity index (χ2n) is 22.0. The van der Waals surface area contributed by atoms with Gasteiger partial charge in [-0.3, -0.25) is 9.59 Å². The summed E-state index contributed by atoms with van der Waals surface area (Å²) in [6.07, 6.45) is 20.2. The van der Waals surface area contributed by atoms with Crippen LogP contribution < -0.4 is 5.32 Å². The summed E-state index contributed by atoms with van der Waals surface area (Å²) in [7, 11) is 0. The third-order valence-electron chi connectivity index (χ3n) is 18.7. The monoisotopic (exact) mass is 793 g/mol. The number of ether oxygens (including phenoxy) is 1. The lowest BCUT2D eigenvalue weighted by molar-refractivity contribution is -0.212. The molecule has 1 saturated heterocycles. The van der Waals surface area contributed by atoms with Gasteiger partial charge in [-0.05, 0) is 162 Å². The number of allylic oxidation sites excluding steroid dienone is 2. The summed E-state index contributed by atoms with van der Waals surface area (Å²) in [4.78, 5) is 34.9. The number of nitrogens with zero attached hydrogens (tertiary/aromatic N) is 3. The minimum atomic E-state index is -0.278. The average molecular weight is 793 g/mol. The number of carbonyl (C=O) groups excluding carboxylic acids is 2. The highest BCUT2D eigenvalue weighted by Gasteiger charge is 2.69. The van der Waals surface area contributed by atoms with Crippen molar-refractivity contribution < 1.29 is 14.3 Å². The normalized spacial score (nSPS) is 39.3. The van der Waals surface area contributed by atoms with Gasteiger partial charge in [-0.25, -0.2) is 0 Å². The van der Waals surface area contributed by atoms with E-state index in [1.807, 2.05) is 0 Å². The maximum atomic E-state index is 14.7. The van der Waals surface area contributed by atoms with E-state index in [4.69, 9.17) is 4.74 Å². The van der Waals surface area contributed by atoms with Crippen molar-refractivity contribution in [3.63, 3.8) is 0 Å². The molecular formula is C50H88N4O3. The van der Waals surface area contributed by atoms with Crippen LogP contribution in [0.1, 0.15) is 166 Å². The van der Waals surface area contributed by atoms with E-state index >= 15 is 0 Å². The molecule has 0 aromatic rings. The number of hydrogen-bond acceptors (Lipinski definition) is 6. The van der Waals surface area contributed by atoms with Gasteiger partial charge in [0.05, 0.1) is 5.41 Å². The number of nitrogens with one attached hydrogen (secondary N) is 1. The van der Waals surface area contributed by atoms with Gasteiger partial charge in [-0.1, -0.05) is 86.8 Å². The maximum absolute atomic E-state index is 14.7. The predicted octanol–water partition coefficient (Wildman–Crippen LogP) is 9.99. The van der Waals surface area contributed by atoms with Crippen molar-refractivity contribution in [1.29, 1.82) is 0 Å². The Bertz CT molecular complexity index is 1400. The van der Waals surface area contributed by atoms with Crippen molar-refractivity contribution in [2.75, 3.05) is 65.4 Å². The quantitative estimate of drug-likeness (QED) is 0.0954. The van der Waals surface area contributed by atoms with Crippen molar-refractivity contribution in [1.82, 2.24) is 20.0 Å². The first kappa shape index (κ1) is 45.1. The zero-order valence-corrected chi connectivity index (χ0v) is 38.8. The first-order chi connectivity index (χ1) is 27.1. The highest BCUT2D eigenvalue weighted by Crippen LogP contribution is 2.76. The van der Waals surface area contributed by atoms with Crippen LogP contribution in [0.3, 0.4) is 0 Å². The Morgan fingerprint density at radius 3 is 2.05 bits per heavy atom. The molecule has 6 aliphatic rings. The fourth-order valence-corrected chi connectivity index (χ4v) is 14.8. The highest BCUT2D eigenvalue weighted by molar-refractivity contribution is 5.84. The number of rotatable bonds is 16. The van der Waals surface area contributed by atoms with Crippen LogP contribution in [0.15, 0.2) is 11.6 Å². The molecule has 0 unspecified atom stereocenters. The number of amides is 1. The lowest BCUT2D eigenvalue weighted by atomic mass is 9.33. The number of fused-ring (bicyclic) bond motifs is 7. The first-order valence-corrected chi connectivity index (χ1v) is 24.4. The van der Waals surface area contributed by atoms with Gasteiger partial charge in [-0.15, -0.1) is 0 Å². The molecule has 4 saturated carbocycles. The lowest BCUT2D eigenvalue weighted by Gasteiger charge is -2.71. The van der Waals surface area contributed by atoms with E-state index in [2.05, 4.69) is 88.4 Å². The standard InChI is InChI=1S/C50H88N4O3/c1-11-13-28-52(29-14-12-2)31-16-32-54-35-33-53(34-36-54)30-15-27-51-45(56)50-24-19-37(3)38(4)44(50)40-17-18-42-47(8)22-21-43(57-39(5)55)46(6,7)41(47)20-23-49(42,10)48(40,9)25-26-50/h17,37-38,41-44H,11-16,18-36H2,1-10H3,(H,51,56)/t37-,38+,41+,42-,43+,44+,47+,48-,49-,50+/m1/s1. The Hall–Kier alpha value is -1.44. The van der Waals surface area contributed by atoms with E-state index in [9.17, 15) is 9.59 Å². The minimum absolute atomic E-state index is 0.00755. The summed E-state index contributed by atoms with van der Waals surface area (Å²) in [5.74, 6) is 2.84. The summed E-state index contributed by atoms with van der Waals surface area (Å²) >= 11 is 0. The van der Waals surface area contributed by atoms with Crippen molar-refractivity contribution in [3.8, 4) is 0 Å². The molecule has 0 spiro atoms. The fourth-order valence-electron chi connectivity index (χ4n) is 14.8. The highest BCUT2D eigenvalue weighted by atomic mass is 16.5. The first-order valence-electron chi connectivity index (χ1n) is 24.4. The second-order valence-corrected chi connectivity index (χ2v) is 22.0. The Balaban J connectivity index is 1.06. The molecule has 7 nitrogen and oxygen atoms in total. The van der Waals surface area contributed by atoms with Crippen molar-refractivity contribution in [2.24, 2.45) is 56.7 Å². The van der Waals surface area contributed by atoms with Crippen LogP contribution in [0.25, 0.3) is 0 Å². The Kier molecular flexibility index (Phi) is 14.5. The molecule has 326 valence electrons. The van der Waals surface area contributed by atoms with Gasteiger partial charge < -0.3 is 24.8 Å². The molecule has 10 atom stereocenters. The van der Waals surface area contributed by atoms with Gasteiger partial charge >= 0.3 is 5.97 Å². The van der Waals surface area contributed by atoms with Crippen molar-refractivity contribution >= 4 is 11.9 Å². The molecule has 57 heavy (non-hydrogen) atoms. The van der Waals surface area contributed by atoms with Gasteiger partial charge in [0.2, 0.25) is 5.91 Å². The van der Waals surface area contributed by atoms with Crippen LogP contribution in [0.2, 0.25) is 0 Å². The van der Waals surface area contributed by atoms with E-state index < -0.39 is 0 Å². The van der Waals surface area contributed by atoms with Gasteiger partial charge in [0.1, 0.15) is 6.10 Å². The zero-order chi connectivity index (χ0) is 41.2. The van der Waals surface area contributed by atoms with E-state index in [0.717, 1.165) is 77.5 Å².